The Kier molecular flexibility index (Phi) is 2.26. The molecule has 0 radical (unpaired) electrons. The molecule has 2 aromatic carbocycles. The second kappa shape index (κ2) is 3.76. The summed E-state index contributed by atoms with van der Waals surface area (Å²) < 4.78 is 0. The summed E-state index contributed by atoms with van der Waals surface area (Å²) >= 11 is 1.62. The van der Waals surface area contributed by atoms with Gasteiger partial charge in [-0.15, -0.1) is 11.8 Å². The van der Waals surface area contributed by atoms with Gasteiger partial charge in [0, 0.05) is 0 Å². The summed E-state index contributed by atoms with van der Waals surface area (Å²) in [4.78, 5) is 8.96. The molecule has 0 saturated carbocycles. The van der Waals surface area contributed by atoms with E-state index in [9.17, 15) is 0 Å². The van der Waals surface area contributed by atoms with Crippen LogP contribution in [0.3, 0.4) is 0 Å². The van der Waals surface area contributed by atoms with E-state index in [0.717, 1.165) is 16.1 Å². The molecule has 78 valence electrons. The highest BCUT2D eigenvalue weighted by atomic mass is 32.2. The predicted molar refractivity (Wildman–Crippen MR) is 68.8 cm³/mol. The fourth-order valence-electron chi connectivity index (χ4n) is 1.78. The number of fused-ring (bicyclic) bond motifs is 2. The molecule has 2 nitrogen and oxygen atoms in total. The van der Waals surface area contributed by atoms with Gasteiger partial charge < -0.3 is 0 Å². The normalized spacial score (nSPS) is 11.1. The first-order chi connectivity index (χ1) is 7.86. The lowest BCUT2D eigenvalue weighted by Gasteiger charge is -2.02. The molecule has 0 spiro atoms. The quantitative estimate of drug-likeness (QED) is 0.469. The van der Waals surface area contributed by atoms with Crippen molar-refractivity contribution in [3.8, 4) is 0 Å². The van der Waals surface area contributed by atoms with Crippen molar-refractivity contribution >= 4 is 33.6 Å². The molecule has 0 amide bonds. The maximum atomic E-state index is 4.54. The van der Waals surface area contributed by atoms with Gasteiger partial charge in [0.2, 0.25) is 0 Å². The Bertz CT molecular complexity index is 664. The van der Waals surface area contributed by atoms with E-state index in [1.807, 2.05) is 24.6 Å². The Hall–Kier alpha value is -1.61. The number of aromatic nitrogens is 2. The standard InChI is InChI=1S/C13H10N2S/c1-16-13-8-14-11-6-9-4-2-3-5-10(9)7-12(11)15-13/h2-8H,1H3. The maximum Gasteiger partial charge on any atom is 0.115 e. The molecular weight excluding hydrogens is 216 g/mol. The van der Waals surface area contributed by atoms with Crippen LogP contribution in [0.4, 0.5) is 0 Å². The molecule has 3 rings (SSSR count). The van der Waals surface area contributed by atoms with Crippen LogP contribution < -0.4 is 0 Å². The van der Waals surface area contributed by atoms with Gasteiger partial charge in [0.1, 0.15) is 5.03 Å². The average molecular weight is 226 g/mol. The summed E-state index contributed by atoms with van der Waals surface area (Å²) in [6, 6.07) is 12.5. The van der Waals surface area contributed by atoms with Crippen molar-refractivity contribution in [1.29, 1.82) is 0 Å². The van der Waals surface area contributed by atoms with Crippen molar-refractivity contribution in [3.05, 3.63) is 42.6 Å². The first-order valence-corrected chi connectivity index (χ1v) is 6.29. The van der Waals surface area contributed by atoms with Crippen molar-refractivity contribution in [3.63, 3.8) is 0 Å². The summed E-state index contributed by atoms with van der Waals surface area (Å²) in [7, 11) is 0. The molecule has 0 bridgehead atoms. The van der Waals surface area contributed by atoms with Gasteiger partial charge in [-0.1, -0.05) is 24.3 Å². The molecule has 0 unspecified atom stereocenters. The van der Waals surface area contributed by atoms with Crippen LogP contribution in [0.25, 0.3) is 21.8 Å². The third-order valence-corrected chi connectivity index (χ3v) is 3.21. The van der Waals surface area contributed by atoms with Crippen LogP contribution in [0.15, 0.2) is 47.6 Å². The maximum absolute atomic E-state index is 4.54. The molecule has 0 N–H and O–H groups in total. The molecule has 3 heteroatoms. The minimum atomic E-state index is 0.955. The fraction of sp³-hybridized carbons (Fsp3) is 0.0769. The minimum absolute atomic E-state index is 0.955. The zero-order valence-electron chi connectivity index (χ0n) is 8.84. The first-order valence-electron chi connectivity index (χ1n) is 5.06. The van der Waals surface area contributed by atoms with E-state index in [2.05, 4.69) is 34.2 Å². The van der Waals surface area contributed by atoms with Gasteiger partial charge in [-0.2, -0.15) is 0 Å². The Morgan fingerprint density at radius 3 is 2.38 bits per heavy atom. The van der Waals surface area contributed by atoms with Gasteiger partial charge in [-0.3, -0.25) is 4.98 Å². The van der Waals surface area contributed by atoms with Crippen LogP contribution in [0.1, 0.15) is 0 Å². The number of hydrogen-bond acceptors (Lipinski definition) is 3. The molecule has 1 aromatic heterocycles. The third kappa shape index (κ3) is 1.53. The molecule has 0 atom stereocenters. The van der Waals surface area contributed by atoms with Crippen LogP contribution >= 0.6 is 11.8 Å². The second-order valence-corrected chi connectivity index (χ2v) is 4.43. The van der Waals surface area contributed by atoms with Gasteiger partial charge in [0.05, 0.1) is 17.2 Å². The minimum Gasteiger partial charge on any atom is -0.252 e. The number of hydrogen-bond donors (Lipinski definition) is 0. The van der Waals surface area contributed by atoms with E-state index < -0.39 is 0 Å². The van der Waals surface area contributed by atoms with Gasteiger partial charge in [-0.25, -0.2) is 4.98 Å². The number of rotatable bonds is 1. The SMILES string of the molecule is CSc1cnc2cc3ccccc3cc2n1. The van der Waals surface area contributed by atoms with Crippen LogP contribution in [0.2, 0.25) is 0 Å². The van der Waals surface area contributed by atoms with Gasteiger partial charge in [0.15, 0.2) is 0 Å². The zero-order chi connectivity index (χ0) is 11.0. The lowest BCUT2D eigenvalue weighted by atomic mass is 10.1. The average Bonchev–Trinajstić information content (AvgIpc) is 2.35. The molecule has 16 heavy (non-hydrogen) atoms. The number of nitrogens with zero attached hydrogens (tertiary/aromatic N) is 2. The Morgan fingerprint density at radius 2 is 1.69 bits per heavy atom. The Morgan fingerprint density at radius 1 is 1.00 bits per heavy atom. The lowest BCUT2D eigenvalue weighted by Crippen LogP contribution is -1.86. The van der Waals surface area contributed by atoms with E-state index in [1.165, 1.54) is 10.8 Å². The molecule has 3 aromatic rings. The Balaban J connectivity index is 2.37. The highest BCUT2D eigenvalue weighted by molar-refractivity contribution is 7.98. The summed E-state index contributed by atoms with van der Waals surface area (Å²) in [6.07, 6.45) is 3.83. The highest BCUT2D eigenvalue weighted by Crippen LogP contribution is 2.21. The van der Waals surface area contributed by atoms with E-state index in [4.69, 9.17) is 0 Å². The summed E-state index contributed by atoms with van der Waals surface area (Å²) in [5, 5.41) is 3.38. The molecule has 0 aliphatic carbocycles. The monoisotopic (exact) mass is 226 g/mol. The first kappa shape index (κ1) is 9.60. The van der Waals surface area contributed by atoms with Gasteiger partial charge in [-0.05, 0) is 29.2 Å². The van der Waals surface area contributed by atoms with Crippen LogP contribution in [0, 0.1) is 0 Å². The molecule has 1 heterocycles. The van der Waals surface area contributed by atoms with E-state index in [0.29, 0.717) is 0 Å². The summed E-state index contributed by atoms with van der Waals surface area (Å²) in [5.41, 5.74) is 1.92. The van der Waals surface area contributed by atoms with Gasteiger partial charge >= 0.3 is 0 Å². The van der Waals surface area contributed by atoms with Crippen LogP contribution in [0.5, 0.6) is 0 Å². The topological polar surface area (TPSA) is 25.8 Å². The number of thioether (sulfide) groups is 1. The summed E-state index contributed by atoms with van der Waals surface area (Å²) in [5.74, 6) is 0. The lowest BCUT2D eigenvalue weighted by molar-refractivity contribution is 1.13. The van der Waals surface area contributed by atoms with Crippen LogP contribution in [-0.4, -0.2) is 16.2 Å². The zero-order valence-corrected chi connectivity index (χ0v) is 9.66. The van der Waals surface area contributed by atoms with Crippen molar-refractivity contribution in [2.75, 3.05) is 6.26 Å². The molecule has 0 aliphatic heterocycles. The van der Waals surface area contributed by atoms with Crippen molar-refractivity contribution in [1.82, 2.24) is 9.97 Å². The van der Waals surface area contributed by atoms with E-state index >= 15 is 0 Å². The third-order valence-electron chi connectivity index (χ3n) is 2.60. The molecule has 0 fully saturated rings. The van der Waals surface area contributed by atoms with Crippen molar-refractivity contribution in [2.24, 2.45) is 0 Å². The molecule has 0 saturated heterocycles. The molecular formula is C13H10N2S. The van der Waals surface area contributed by atoms with Crippen LogP contribution in [-0.2, 0) is 0 Å². The van der Waals surface area contributed by atoms with Gasteiger partial charge in [0.25, 0.3) is 0 Å². The van der Waals surface area contributed by atoms with E-state index in [-0.39, 0.29) is 0 Å². The van der Waals surface area contributed by atoms with E-state index in [1.54, 1.807) is 11.8 Å². The van der Waals surface area contributed by atoms with Crippen molar-refractivity contribution in [2.45, 2.75) is 5.03 Å². The fourth-order valence-corrected chi connectivity index (χ4v) is 2.13. The highest BCUT2D eigenvalue weighted by Gasteiger charge is 2.01. The largest absolute Gasteiger partial charge is 0.252 e. The smallest absolute Gasteiger partial charge is 0.115 e. The predicted octanol–water partition coefficient (Wildman–Crippen LogP) is 3.50. The van der Waals surface area contributed by atoms with Crippen molar-refractivity contribution < 1.29 is 0 Å². The summed E-state index contributed by atoms with van der Waals surface area (Å²) in [6.45, 7) is 0. The molecule has 0 aliphatic rings. The second-order valence-electron chi connectivity index (χ2n) is 3.60. The Labute approximate surface area is 97.7 Å². The number of benzene rings is 2.